The standard InChI is InChI=1S/C30H22Cl3N3O6S2/c1-41-20-10-3-14(11-21(20)42-2)23-24-25(28(39)36(27(24)38)17-7-4-15(31)5-8-17)43-29-26(23)44-30(40)35(29)13-22(37)34-16-6-9-18(32)19(33)12-16/h3-12,23-25H,13H2,1-2H3,(H,34,37)/t23-,24-,25+/m0/s1. The molecule has 44 heavy (non-hydrogen) atoms. The van der Waals surface area contributed by atoms with Crippen LogP contribution in [0.5, 0.6) is 11.5 Å². The molecule has 1 N–H and O–H groups in total. The summed E-state index contributed by atoms with van der Waals surface area (Å²) in [5, 5.41) is 3.39. The molecule has 1 fully saturated rings. The summed E-state index contributed by atoms with van der Waals surface area (Å²) < 4.78 is 12.3. The molecule has 0 radical (unpaired) electrons. The lowest BCUT2D eigenvalue weighted by Gasteiger charge is -2.31. The summed E-state index contributed by atoms with van der Waals surface area (Å²) in [5.41, 5.74) is 1.46. The van der Waals surface area contributed by atoms with Crippen molar-refractivity contribution in [1.82, 2.24) is 4.57 Å². The number of fused-ring (bicyclic) bond motifs is 2. The number of nitrogens with one attached hydrogen (secondary N) is 1. The van der Waals surface area contributed by atoms with Crippen LogP contribution in [0.1, 0.15) is 16.4 Å². The van der Waals surface area contributed by atoms with Gasteiger partial charge in [-0.3, -0.25) is 23.7 Å². The number of imide groups is 1. The summed E-state index contributed by atoms with van der Waals surface area (Å²) in [7, 11) is 3.02. The molecule has 4 aromatic rings. The molecule has 1 saturated heterocycles. The molecule has 226 valence electrons. The van der Waals surface area contributed by atoms with Gasteiger partial charge in [0.15, 0.2) is 11.5 Å². The van der Waals surface area contributed by atoms with Gasteiger partial charge in [0.25, 0.3) is 0 Å². The Kier molecular flexibility index (Phi) is 8.42. The summed E-state index contributed by atoms with van der Waals surface area (Å²) in [6.07, 6.45) is 0. The predicted octanol–water partition coefficient (Wildman–Crippen LogP) is 6.32. The van der Waals surface area contributed by atoms with E-state index in [4.69, 9.17) is 44.3 Å². The van der Waals surface area contributed by atoms with Crippen LogP contribution in [0.25, 0.3) is 0 Å². The molecule has 0 spiro atoms. The first-order valence-electron chi connectivity index (χ1n) is 13.1. The fraction of sp³-hybridized carbons (Fsp3) is 0.200. The van der Waals surface area contributed by atoms with Gasteiger partial charge in [-0.2, -0.15) is 0 Å². The second kappa shape index (κ2) is 12.1. The van der Waals surface area contributed by atoms with Crippen molar-refractivity contribution in [3.05, 3.63) is 95.8 Å². The average molecular weight is 691 g/mol. The van der Waals surface area contributed by atoms with E-state index >= 15 is 0 Å². The molecule has 3 heterocycles. The molecule has 6 rings (SSSR count). The summed E-state index contributed by atoms with van der Waals surface area (Å²) >= 11 is 20.2. The second-order valence-corrected chi connectivity index (χ2v) is 13.3. The number of amides is 3. The van der Waals surface area contributed by atoms with Gasteiger partial charge in [-0.25, -0.2) is 4.90 Å². The number of thiazole rings is 1. The third-order valence-corrected chi connectivity index (χ3v) is 11.0. The number of aromatic nitrogens is 1. The number of hydrogen-bond acceptors (Lipinski definition) is 8. The minimum absolute atomic E-state index is 0.267. The van der Waals surface area contributed by atoms with Crippen LogP contribution in [0.3, 0.4) is 0 Å². The van der Waals surface area contributed by atoms with E-state index in [9.17, 15) is 19.2 Å². The molecule has 3 amide bonds. The number of ether oxygens (including phenoxy) is 2. The number of hydrogen-bond donors (Lipinski definition) is 1. The van der Waals surface area contributed by atoms with Crippen molar-refractivity contribution in [2.24, 2.45) is 5.92 Å². The van der Waals surface area contributed by atoms with Gasteiger partial charge in [0.05, 0.1) is 40.9 Å². The van der Waals surface area contributed by atoms with E-state index in [-0.39, 0.29) is 11.6 Å². The van der Waals surface area contributed by atoms with Gasteiger partial charge in [-0.15, -0.1) is 0 Å². The molecular formula is C30H22Cl3N3O6S2. The Bertz CT molecular complexity index is 1880. The quantitative estimate of drug-likeness (QED) is 0.226. The van der Waals surface area contributed by atoms with Gasteiger partial charge < -0.3 is 14.8 Å². The monoisotopic (exact) mass is 689 g/mol. The number of halogens is 3. The highest BCUT2D eigenvalue weighted by Crippen LogP contribution is 2.54. The maximum absolute atomic E-state index is 14.1. The maximum Gasteiger partial charge on any atom is 0.308 e. The lowest BCUT2D eigenvalue weighted by Crippen LogP contribution is -2.33. The first kappa shape index (κ1) is 30.5. The zero-order valence-corrected chi connectivity index (χ0v) is 26.9. The molecule has 3 atom stereocenters. The number of carbonyl (C=O) groups excluding carboxylic acids is 3. The maximum atomic E-state index is 14.1. The van der Waals surface area contributed by atoms with E-state index in [1.54, 1.807) is 54.6 Å². The normalized spacial score (nSPS) is 19.0. The Morgan fingerprint density at radius 2 is 1.61 bits per heavy atom. The SMILES string of the molecule is COc1ccc([C@@H]2c3sc(=O)n(CC(=O)Nc4ccc(Cl)c(Cl)c4)c3S[C@H]3C(=O)N(c4ccc(Cl)cc4)C(=O)[C@@H]23)cc1OC. The minimum Gasteiger partial charge on any atom is -0.493 e. The van der Waals surface area contributed by atoms with Crippen molar-refractivity contribution in [2.45, 2.75) is 22.7 Å². The van der Waals surface area contributed by atoms with Crippen LogP contribution < -0.4 is 24.6 Å². The molecule has 0 bridgehead atoms. The van der Waals surface area contributed by atoms with Crippen LogP contribution in [-0.4, -0.2) is 41.8 Å². The summed E-state index contributed by atoms with van der Waals surface area (Å²) in [6, 6.07) is 16.4. The Morgan fingerprint density at radius 3 is 2.30 bits per heavy atom. The van der Waals surface area contributed by atoms with Gasteiger partial charge >= 0.3 is 4.87 Å². The molecule has 0 aliphatic carbocycles. The topological polar surface area (TPSA) is 107 Å². The second-order valence-electron chi connectivity index (χ2n) is 9.95. The number of carbonyl (C=O) groups is 3. The Morgan fingerprint density at radius 1 is 0.886 bits per heavy atom. The van der Waals surface area contributed by atoms with Crippen LogP contribution in [0.4, 0.5) is 11.4 Å². The highest BCUT2D eigenvalue weighted by atomic mass is 35.5. The molecular weight excluding hydrogens is 669 g/mol. The minimum atomic E-state index is -0.859. The number of thioether (sulfide) groups is 1. The van der Waals surface area contributed by atoms with Crippen molar-refractivity contribution in [2.75, 3.05) is 24.4 Å². The predicted molar refractivity (Wildman–Crippen MR) is 172 cm³/mol. The third kappa shape index (κ3) is 5.37. The Hall–Kier alpha value is -3.48. The highest BCUT2D eigenvalue weighted by Gasteiger charge is 2.57. The fourth-order valence-electron chi connectivity index (χ4n) is 5.42. The summed E-state index contributed by atoms with van der Waals surface area (Å²) in [5.74, 6) is -1.89. The van der Waals surface area contributed by atoms with Crippen molar-refractivity contribution in [3.8, 4) is 11.5 Å². The van der Waals surface area contributed by atoms with Crippen LogP contribution in [0.2, 0.25) is 15.1 Å². The number of rotatable bonds is 7. The molecule has 9 nitrogen and oxygen atoms in total. The largest absolute Gasteiger partial charge is 0.493 e. The zero-order chi connectivity index (χ0) is 31.3. The Labute approximate surface area is 274 Å². The van der Waals surface area contributed by atoms with Crippen LogP contribution in [0, 0.1) is 5.92 Å². The van der Waals surface area contributed by atoms with Crippen molar-refractivity contribution >= 4 is 87.0 Å². The number of benzene rings is 3. The van der Waals surface area contributed by atoms with Crippen LogP contribution in [-0.2, 0) is 20.9 Å². The van der Waals surface area contributed by atoms with E-state index in [2.05, 4.69) is 5.32 Å². The number of methoxy groups -OCH3 is 2. The lowest BCUT2D eigenvalue weighted by atomic mass is 9.83. The van der Waals surface area contributed by atoms with E-state index in [1.165, 1.54) is 29.8 Å². The zero-order valence-electron chi connectivity index (χ0n) is 23.0. The smallest absolute Gasteiger partial charge is 0.308 e. The number of nitrogens with zero attached hydrogens (tertiary/aromatic N) is 2. The molecule has 3 aromatic carbocycles. The van der Waals surface area contributed by atoms with Gasteiger partial charge in [0.1, 0.15) is 11.8 Å². The molecule has 1 aromatic heterocycles. The van der Waals surface area contributed by atoms with Crippen LogP contribution >= 0.6 is 57.9 Å². The van der Waals surface area contributed by atoms with E-state index in [0.717, 1.165) is 23.1 Å². The molecule has 0 unspecified atom stereocenters. The average Bonchev–Trinajstić information content (AvgIpc) is 3.45. The lowest BCUT2D eigenvalue weighted by molar-refractivity contribution is -0.122. The van der Waals surface area contributed by atoms with Gasteiger partial charge in [0, 0.05) is 21.5 Å². The first-order valence-corrected chi connectivity index (χ1v) is 15.9. The van der Waals surface area contributed by atoms with Crippen molar-refractivity contribution < 1.29 is 23.9 Å². The van der Waals surface area contributed by atoms with Gasteiger partial charge in [0.2, 0.25) is 17.7 Å². The summed E-state index contributed by atoms with van der Waals surface area (Å²) in [4.78, 5) is 55.8. The molecule has 0 saturated carbocycles. The fourth-order valence-corrected chi connectivity index (χ4v) is 8.62. The van der Waals surface area contributed by atoms with E-state index in [1.807, 2.05) is 0 Å². The van der Waals surface area contributed by atoms with Gasteiger partial charge in [-0.05, 0) is 60.2 Å². The number of anilines is 2. The summed E-state index contributed by atoms with van der Waals surface area (Å²) in [6.45, 7) is -0.322. The van der Waals surface area contributed by atoms with Crippen molar-refractivity contribution in [1.29, 1.82) is 0 Å². The first-order chi connectivity index (χ1) is 21.1. The Balaban J connectivity index is 1.43. The molecule has 2 aliphatic heterocycles. The van der Waals surface area contributed by atoms with Crippen molar-refractivity contribution in [3.63, 3.8) is 0 Å². The van der Waals surface area contributed by atoms with Gasteiger partial charge in [-0.1, -0.05) is 64.0 Å². The van der Waals surface area contributed by atoms with E-state index in [0.29, 0.717) is 48.4 Å². The highest BCUT2D eigenvalue weighted by molar-refractivity contribution is 8.00. The van der Waals surface area contributed by atoms with Crippen LogP contribution in [0.15, 0.2) is 70.5 Å². The molecule has 2 aliphatic rings. The van der Waals surface area contributed by atoms with E-state index < -0.39 is 39.7 Å². The molecule has 14 heteroatoms. The third-order valence-electron chi connectivity index (χ3n) is 7.41.